The van der Waals surface area contributed by atoms with Gasteiger partial charge in [-0.05, 0) is 32.0 Å². The third kappa shape index (κ3) is 5.64. The lowest BCUT2D eigenvalue weighted by Crippen LogP contribution is -2.34. The molecule has 0 heterocycles. The van der Waals surface area contributed by atoms with E-state index in [1.807, 2.05) is 13.8 Å². The quantitative estimate of drug-likeness (QED) is 0.755. The molecule has 0 bridgehead atoms. The molecular formula is C13H19BrN2O4S. The predicted molar refractivity (Wildman–Crippen MR) is 83.8 cm³/mol. The molecule has 6 nitrogen and oxygen atoms in total. The highest BCUT2D eigenvalue weighted by Gasteiger charge is 2.19. The normalized spacial score (nSPS) is 11.5. The molecule has 0 atom stereocenters. The number of carbonyl (C=O) groups excluding carboxylic acids is 1. The predicted octanol–water partition coefficient (Wildman–Crippen LogP) is 1.65. The van der Waals surface area contributed by atoms with E-state index in [9.17, 15) is 13.2 Å². The average molecular weight is 379 g/mol. The number of hydrogen-bond donors (Lipinski definition) is 2. The van der Waals surface area contributed by atoms with E-state index in [-0.39, 0.29) is 35.6 Å². The van der Waals surface area contributed by atoms with E-state index in [4.69, 9.17) is 4.74 Å². The first-order chi connectivity index (χ1) is 9.76. The Balaban J connectivity index is 2.74. The number of nitrogens with one attached hydrogen (secondary N) is 2. The molecule has 21 heavy (non-hydrogen) atoms. The van der Waals surface area contributed by atoms with Crippen LogP contribution in [0.4, 0.5) is 0 Å². The van der Waals surface area contributed by atoms with Crippen molar-refractivity contribution in [1.29, 1.82) is 0 Å². The minimum absolute atomic E-state index is 0.0244. The summed E-state index contributed by atoms with van der Waals surface area (Å²) in [5, 5.41) is 2.69. The summed E-state index contributed by atoms with van der Waals surface area (Å²) >= 11 is 3.22. The van der Waals surface area contributed by atoms with Crippen molar-refractivity contribution in [3.63, 3.8) is 0 Å². The fourth-order valence-electron chi connectivity index (χ4n) is 1.63. The van der Waals surface area contributed by atoms with Gasteiger partial charge in [-0.25, -0.2) is 13.1 Å². The standard InChI is InChI=1S/C13H19BrN2O4S/c1-9(2)16-13(17)6-7-15-21(18,19)12-8-10(14)4-5-11(12)20-3/h4-5,8-9,15H,6-7H2,1-3H3,(H,16,17). The van der Waals surface area contributed by atoms with Gasteiger partial charge in [-0.2, -0.15) is 0 Å². The van der Waals surface area contributed by atoms with E-state index in [0.717, 1.165) is 0 Å². The summed E-state index contributed by atoms with van der Waals surface area (Å²) < 4.78 is 32.5. The fourth-order valence-corrected chi connectivity index (χ4v) is 3.37. The summed E-state index contributed by atoms with van der Waals surface area (Å²) in [7, 11) is -2.33. The Labute approximate surface area is 133 Å². The van der Waals surface area contributed by atoms with Gasteiger partial charge < -0.3 is 10.1 Å². The fraction of sp³-hybridized carbons (Fsp3) is 0.462. The lowest BCUT2D eigenvalue weighted by molar-refractivity contribution is -0.121. The maximum atomic E-state index is 12.2. The molecule has 0 fully saturated rings. The number of ether oxygens (including phenoxy) is 1. The van der Waals surface area contributed by atoms with E-state index in [1.165, 1.54) is 13.2 Å². The van der Waals surface area contributed by atoms with Gasteiger partial charge in [0.05, 0.1) is 7.11 Å². The Morgan fingerprint density at radius 3 is 2.62 bits per heavy atom. The van der Waals surface area contributed by atoms with Crippen LogP contribution in [0.1, 0.15) is 20.3 Å². The van der Waals surface area contributed by atoms with Gasteiger partial charge in [-0.1, -0.05) is 15.9 Å². The van der Waals surface area contributed by atoms with Crippen molar-refractivity contribution in [2.45, 2.75) is 31.2 Å². The second kappa shape index (κ2) is 7.77. The first kappa shape index (κ1) is 17.9. The number of benzene rings is 1. The molecule has 1 rings (SSSR count). The molecule has 0 saturated carbocycles. The van der Waals surface area contributed by atoms with E-state index in [0.29, 0.717) is 4.47 Å². The molecule has 0 aliphatic carbocycles. The topological polar surface area (TPSA) is 84.5 Å². The number of rotatable bonds is 7. The van der Waals surface area contributed by atoms with Crippen LogP contribution in [0.5, 0.6) is 5.75 Å². The second-order valence-electron chi connectivity index (χ2n) is 4.67. The Morgan fingerprint density at radius 2 is 2.05 bits per heavy atom. The van der Waals surface area contributed by atoms with Crippen LogP contribution in [0.15, 0.2) is 27.6 Å². The maximum absolute atomic E-state index is 12.2. The molecule has 2 N–H and O–H groups in total. The van der Waals surface area contributed by atoms with Gasteiger partial charge in [-0.15, -0.1) is 0 Å². The summed E-state index contributed by atoms with van der Waals surface area (Å²) in [6.45, 7) is 3.71. The molecule has 0 aliphatic rings. The molecule has 0 saturated heterocycles. The van der Waals surface area contributed by atoms with Crippen molar-refractivity contribution >= 4 is 31.9 Å². The van der Waals surface area contributed by atoms with Crippen LogP contribution in [0.25, 0.3) is 0 Å². The smallest absolute Gasteiger partial charge is 0.244 e. The number of carbonyl (C=O) groups is 1. The number of sulfonamides is 1. The zero-order valence-corrected chi connectivity index (χ0v) is 14.5. The Bertz CT molecular complexity index is 602. The number of amides is 1. The van der Waals surface area contributed by atoms with Crippen LogP contribution in [0.3, 0.4) is 0 Å². The van der Waals surface area contributed by atoms with Crippen LogP contribution in [0.2, 0.25) is 0 Å². The van der Waals surface area contributed by atoms with Crippen molar-refractivity contribution in [3.8, 4) is 5.75 Å². The van der Waals surface area contributed by atoms with Gasteiger partial charge in [0.1, 0.15) is 10.6 Å². The highest BCUT2D eigenvalue weighted by Crippen LogP contribution is 2.26. The first-order valence-electron chi connectivity index (χ1n) is 6.39. The van der Waals surface area contributed by atoms with Gasteiger partial charge in [-0.3, -0.25) is 4.79 Å². The molecule has 1 aromatic rings. The minimum Gasteiger partial charge on any atom is -0.495 e. The third-order valence-electron chi connectivity index (χ3n) is 2.51. The van der Waals surface area contributed by atoms with Gasteiger partial charge in [0.15, 0.2) is 0 Å². The van der Waals surface area contributed by atoms with Crippen molar-refractivity contribution in [2.24, 2.45) is 0 Å². The van der Waals surface area contributed by atoms with Crippen LogP contribution in [-0.2, 0) is 14.8 Å². The first-order valence-corrected chi connectivity index (χ1v) is 8.66. The molecule has 0 aromatic heterocycles. The van der Waals surface area contributed by atoms with Crippen LogP contribution < -0.4 is 14.8 Å². The van der Waals surface area contributed by atoms with Crippen LogP contribution in [-0.4, -0.2) is 34.0 Å². The van der Waals surface area contributed by atoms with E-state index in [1.54, 1.807) is 12.1 Å². The molecule has 8 heteroatoms. The molecule has 0 aliphatic heterocycles. The summed E-state index contributed by atoms with van der Waals surface area (Å²) in [4.78, 5) is 11.5. The van der Waals surface area contributed by atoms with Gasteiger partial charge in [0.2, 0.25) is 15.9 Å². The largest absolute Gasteiger partial charge is 0.495 e. The van der Waals surface area contributed by atoms with E-state index in [2.05, 4.69) is 26.0 Å². The zero-order valence-electron chi connectivity index (χ0n) is 12.1. The van der Waals surface area contributed by atoms with E-state index >= 15 is 0 Å². The zero-order chi connectivity index (χ0) is 16.0. The van der Waals surface area contributed by atoms with Crippen molar-refractivity contribution < 1.29 is 17.9 Å². The summed E-state index contributed by atoms with van der Waals surface area (Å²) in [5.74, 6) is 0.0474. The van der Waals surface area contributed by atoms with Crippen LogP contribution >= 0.6 is 15.9 Å². The van der Waals surface area contributed by atoms with Crippen molar-refractivity contribution in [1.82, 2.24) is 10.0 Å². The monoisotopic (exact) mass is 378 g/mol. The lowest BCUT2D eigenvalue weighted by atomic mass is 10.3. The SMILES string of the molecule is COc1ccc(Br)cc1S(=O)(=O)NCCC(=O)NC(C)C. The molecule has 0 radical (unpaired) electrons. The molecular weight excluding hydrogens is 360 g/mol. The van der Waals surface area contributed by atoms with Crippen molar-refractivity contribution in [3.05, 3.63) is 22.7 Å². The third-order valence-corrected chi connectivity index (χ3v) is 4.48. The second-order valence-corrected chi connectivity index (χ2v) is 7.32. The summed E-state index contributed by atoms with van der Waals surface area (Å²) in [6.07, 6.45) is 0.0771. The Morgan fingerprint density at radius 1 is 1.38 bits per heavy atom. The van der Waals surface area contributed by atoms with Gasteiger partial charge in [0, 0.05) is 23.5 Å². The molecule has 0 unspecified atom stereocenters. The highest BCUT2D eigenvalue weighted by molar-refractivity contribution is 9.10. The lowest BCUT2D eigenvalue weighted by Gasteiger charge is -2.12. The molecule has 0 spiro atoms. The number of hydrogen-bond acceptors (Lipinski definition) is 4. The maximum Gasteiger partial charge on any atom is 0.244 e. The molecule has 1 aromatic carbocycles. The summed E-state index contributed by atoms with van der Waals surface area (Å²) in [5.41, 5.74) is 0. The minimum atomic E-state index is -3.73. The Kier molecular flexibility index (Phi) is 6.63. The highest BCUT2D eigenvalue weighted by atomic mass is 79.9. The van der Waals surface area contributed by atoms with Gasteiger partial charge in [0.25, 0.3) is 0 Å². The average Bonchev–Trinajstić information content (AvgIpc) is 2.37. The molecule has 118 valence electrons. The van der Waals surface area contributed by atoms with Crippen molar-refractivity contribution in [2.75, 3.05) is 13.7 Å². The number of halogens is 1. The van der Waals surface area contributed by atoms with E-state index < -0.39 is 10.0 Å². The number of methoxy groups -OCH3 is 1. The van der Waals surface area contributed by atoms with Gasteiger partial charge >= 0.3 is 0 Å². The summed E-state index contributed by atoms with van der Waals surface area (Å²) in [6, 6.07) is 4.73. The van der Waals surface area contributed by atoms with Crippen LogP contribution in [0, 0.1) is 0 Å². The molecule has 1 amide bonds. The Hall–Kier alpha value is -1.12.